The summed E-state index contributed by atoms with van der Waals surface area (Å²) in [4.78, 5) is 12.3. The molecule has 1 aliphatic rings. The number of anilines is 1. The van der Waals surface area contributed by atoms with Crippen LogP contribution >= 0.6 is 15.9 Å². The lowest BCUT2D eigenvalue weighted by atomic mass is 9.90. The molecule has 26 heavy (non-hydrogen) atoms. The molecule has 8 heteroatoms. The van der Waals surface area contributed by atoms with Crippen molar-refractivity contribution in [3.05, 3.63) is 47.5 Å². The van der Waals surface area contributed by atoms with Crippen LogP contribution in [0.5, 0.6) is 0 Å². The number of alkyl halides is 1. The Bertz CT molecular complexity index is 958. The summed E-state index contributed by atoms with van der Waals surface area (Å²) < 4.78 is 22.9. The summed E-state index contributed by atoms with van der Waals surface area (Å²) in [7, 11) is -3.77. The van der Waals surface area contributed by atoms with E-state index in [1.165, 1.54) is 12.1 Å². The predicted molar refractivity (Wildman–Crippen MR) is 105 cm³/mol. The van der Waals surface area contributed by atoms with E-state index in [0.29, 0.717) is 21.9 Å². The summed E-state index contributed by atoms with van der Waals surface area (Å²) in [6.07, 6.45) is 3.06. The maximum Gasteiger partial charge on any atom is 0.250 e. The van der Waals surface area contributed by atoms with E-state index in [4.69, 9.17) is 16.6 Å². The first-order chi connectivity index (χ1) is 12.2. The second kappa shape index (κ2) is 7.02. The van der Waals surface area contributed by atoms with Crippen molar-refractivity contribution in [3.63, 3.8) is 0 Å². The highest BCUT2D eigenvalue weighted by molar-refractivity contribution is 9.09. The van der Waals surface area contributed by atoms with Crippen molar-refractivity contribution in [1.29, 1.82) is 0 Å². The van der Waals surface area contributed by atoms with E-state index in [9.17, 15) is 13.2 Å². The fraction of sp³-hybridized carbons (Fsp3) is 0.278. The molecule has 2 aromatic rings. The zero-order valence-electron chi connectivity index (χ0n) is 14.0. The maximum absolute atomic E-state index is 11.9. The molecule has 2 atom stereocenters. The van der Waals surface area contributed by atoms with Gasteiger partial charge in [-0.05, 0) is 60.6 Å². The molecule has 2 unspecified atom stereocenters. The van der Waals surface area contributed by atoms with E-state index in [2.05, 4.69) is 15.9 Å². The molecule has 0 saturated heterocycles. The lowest BCUT2D eigenvalue weighted by molar-refractivity contribution is 0.100. The van der Waals surface area contributed by atoms with Crippen LogP contribution in [-0.4, -0.2) is 19.2 Å². The van der Waals surface area contributed by atoms with Crippen LogP contribution in [0.3, 0.4) is 0 Å². The van der Waals surface area contributed by atoms with E-state index < -0.39 is 15.9 Å². The molecule has 1 saturated carbocycles. The zero-order valence-corrected chi connectivity index (χ0v) is 16.4. The van der Waals surface area contributed by atoms with Gasteiger partial charge in [-0.2, -0.15) is 0 Å². The van der Waals surface area contributed by atoms with Gasteiger partial charge in [0.05, 0.1) is 16.1 Å². The third-order valence-electron chi connectivity index (χ3n) is 4.80. The Morgan fingerprint density at radius 1 is 1.12 bits per heavy atom. The lowest BCUT2D eigenvalue weighted by Gasteiger charge is -2.17. The molecule has 3 rings (SSSR count). The number of halogens is 1. The van der Waals surface area contributed by atoms with Crippen LogP contribution in [0, 0.1) is 0 Å². The van der Waals surface area contributed by atoms with Gasteiger partial charge in [0.15, 0.2) is 0 Å². The Labute approximate surface area is 160 Å². The van der Waals surface area contributed by atoms with Gasteiger partial charge in [0.25, 0.3) is 5.91 Å². The molecule has 138 valence electrons. The molecule has 0 bridgehead atoms. The topological polar surface area (TPSA) is 129 Å². The lowest BCUT2D eigenvalue weighted by Crippen LogP contribution is -2.15. The number of rotatable bonds is 4. The molecule has 6 nitrogen and oxygen atoms in total. The quantitative estimate of drug-likeness (QED) is 0.501. The van der Waals surface area contributed by atoms with Crippen molar-refractivity contribution in [2.45, 2.75) is 34.9 Å². The number of hydrogen-bond donors (Lipinski definition) is 3. The average Bonchev–Trinajstić information content (AvgIpc) is 3.00. The highest BCUT2D eigenvalue weighted by Gasteiger charge is 2.26. The summed E-state index contributed by atoms with van der Waals surface area (Å²) in [5.41, 5.74) is 14.6. The van der Waals surface area contributed by atoms with Crippen LogP contribution < -0.4 is 16.6 Å². The molecule has 0 heterocycles. The molecule has 2 aromatic carbocycles. The molecule has 1 fully saturated rings. The van der Waals surface area contributed by atoms with Gasteiger partial charge in [-0.3, -0.25) is 4.79 Å². The molecule has 1 amide bonds. The fourth-order valence-corrected chi connectivity index (χ4v) is 4.64. The van der Waals surface area contributed by atoms with Crippen LogP contribution in [0.1, 0.15) is 41.1 Å². The predicted octanol–water partition coefficient (Wildman–Crippen LogP) is 2.71. The molecular formula is C18H20BrN3O3S. The van der Waals surface area contributed by atoms with Gasteiger partial charge in [-0.25, -0.2) is 13.6 Å². The first kappa shape index (κ1) is 18.9. The molecule has 0 radical (unpaired) electrons. The Kier molecular flexibility index (Phi) is 5.09. The van der Waals surface area contributed by atoms with Gasteiger partial charge in [-0.15, -0.1) is 0 Å². The van der Waals surface area contributed by atoms with Gasteiger partial charge in [0.1, 0.15) is 0 Å². The number of nitrogen functional groups attached to an aromatic ring is 1. The molecule has 0 aromatic heterocycles. The Morgan fingerprint density at radius 2 is 1.77 bits per heavy atom. The smallest absolute Gasteiger partial charge is 0.250 e. The minimum Gasteiger partial charge on any atom is -0.398 e. The third-order valence-corrected chi connectivity index (χ3v) is 6.56. The van der Waals surface area contributed by atoms with Gasteiger partial charge in [-0.1, -0.05) is 28.1 Å². The number of nitrogens with two attached hydrogens (primary N) is 3. The number of carbonyl (C=O) groups excluding carboxylic acids is 1. The number of sulfonamides is 1. The molecule has 1 aliphatic carbocycles. The second-order valence-electron chi connectivity index (χ2n) is 6.57. The van der Waals surface area contributed by atoms with Crippen molar-refractivity contribution in [2.24, 2.45) is 10.9 Å². The first-order valence-corrected chi connectivity index (χ1v) is 10.6. The number of benzene rings is 2. The number of hydrogen-bond acceptors (Lipinski definition) is 4. The number of amides is 1. The van der Waals surface area contributed by atoms with E-state index >= 15 is 0 Å². The van der Waals surface area contributed by atoms with Crippen molar-refractivity contribution < 1.29 is 13.2 Å². The third kappa shape index (κ3) is 3.77. The zero-order chi connectivity index (χ0) is 19.1. The minimum absolute atomic E-state index is 0.0176. The molecular weight excluding hydrogens is 418 g/mol. The van der Waals surface area contributed by atoms with E-state index in [0.717, 1.165) is 24.8 Å². The van der Waals surface area contributed by atoms with Crippen LogP contribution in [0.25, 0.3) is 11.1 Å². The maximum atomic E-state index is 11.9. The number of primary amides is 1. The van der Waals surface area contributed by atoms with Gasteiger partial charge >= 0.3 is 0 Å². The number of carbonyl (C=O) groups is 1. The summed E-state index contributed by atoms with van der Waals surface area (Å²) in [6, 6.07) is 9.83. The van der Waals surface area contributed by atoms with Gasteiger partial charge < -0.3 is 11.5 Å². The van der Waals surface area contributed by atoms with Crippen molar-refractivity contribution in [3.8, 4) is 11.1 Å². The largest absolute Gasteiger partial charge is 0.398 e. The van der Waals surface area contributed by atoms with Crippen molar-refractivity contribution in [2.75, 3.05) is 5.73 Å². The summed E-state index contributed by atoms with van der Waals surface area (Å²) in [5, 5.41) is 5.14. The molecule has 0 aliphatic heterocycles. The highest BCUT2D eigenvalue weighted by Crippen LogP contribution is 2.41. The molecule has 0 spiro atoms. The van der Waals surface area contributed by atoms with Gasteiger partial charge in [0, 0.05) is 10.4 Å². The Balaban J connectivity index is 2.10. The Morgan fingerprint density at radius 3 is 2.27 bits per heavy atom. The van der Waals surface area contributed by atoms with Crippen LogP contribution in [0.15, 0.2) is 41.3 Å². The standard InChI is InChI=1S/C18H20BrN3O3S/c19-13-4-1-11(7-13)12-8-15(17(20)16(9-12)18(21)23)10-2-5-14(6-3-10)26(22,24)25/h2-3,5-6,8-9,11,13H,1,4,7,20H2,(H2,21,23)(H2,22,24,25). The van der Waals surface area contributed by atoms with Crippen LogP contribution in [-0.2, 0) is 10.0 Å². The van der Waals surface area contributed by atoms with Crippen LogP contribution in [0.4, 0.5) is 5.69 Å². The van der Waals surface area contributed by atoms with Crippen molar-refractivity contribution >= 4 is 37.5 Å². The molecule has 6 N–H and O–H groups in total. The summed E-state index contributed by atoms with van der Waals surface area (Å²) >= 11 is 3.64. The second-order valence-corrected chi connectivity index (χ2v) is 9.43. The Hall–Kier alpha value is -1.90. The van der Waals surface area contributed by atoms with Gasteiger partial charge in [0.2, 0.25) is 10.0 Å². The summed E-state index contributed by atoms with van der Waals surface area (Å²) in [5.74, 6) is -0.263. The highest BCUT2D eigenvalue weighted by atomic mass is 79.9. The normalized spacial score (nSPS) is 20.2. The van der Waals surface area contributed by atoms with Crippen molar-refractivity contribution in [1.82, 2.24) is 0 Å². The SMILES string of the molecule is NC(=O)c1cc(C2CCC(Br)C2)cc(-c2ccc(S(N)(=O)=O)cc2)c1N. The summed E-state index contributed by atoms with van der Waals surface area (Å²) in [6.45, 7) is 0. The van der Waals surface area contributed by atoms with Crippen LogP contribution in [0.2, 0.25) is 0 Å². The van der Waals surface area contributed by atoms with E-state index in [1.54, 1.807) is 18.2 Å². The monoisotopic (exact) mass is 437 g/mol. The average molecular weight is 438 g/mol. The van der Waals surface area contributed by atoms with E-state index in [-0.39, 0.29) is 16.1 Å². The minimum atomic E-state index is -3.77. The number of primary sulfonamides is 1. The van der Waals surface area contributed by atoms with E-state index in [1.807, 2.05) is 6.07 Å². The first-order valence-electron chi connectivity index (χ1n) is 8.17. The fourth-order valence-electron chi connectivity index (χ4n) is 3.41.